The highest BCUT2D eigenvalue weighted by Crippen LogP contribution is 2.35. The van der Waals surface area contributed by atoms with Gasteiger partial charge >= 0.3 is 0 Å². The number of imide groups is 1. The van der Waals surface area contributed by atoms with E-state index in [1.165, 1.54) is 4.90 Å². The van der Waals surface area contributed by atoms with Crippen LogP contribution >= 0.6 is 0 Å². The Hall–Kier alpha value is -2.96. The highest BCUT2D eigenvalue weighted by molar-refractivity contribution is 6.05. The summed E-state index contributed by atoms with van der Waals surface area (Å²) in [4.78, 5) is 54.8. The maximum Gasteiger partial charge on any atom is 0.243 e. The molecule has 0 spiro atoms. The Kier molecular flexibility index (Phi) is 9.02. The summed E-state index contributed by atoms with van der Waals surface area (Å²) < 4.78 is 0. The lowest BCUT2D eigenvalue weighted by Crippen LogP contribution is -2.52. The Morgan fingerprint density at radius 3 is 2.21 bits per heavy atom. The monoisotopic (exact) mass is 467 g/mol. The summed E-state index contributed by atoms with van der Waals surface area (Å²) in [5.74, 6) is -1.33. The van der Waals surface area contributed by atoms with Crippen molar-refractivity contribution in [3.05, 3.63) is 48.0 Å². The van der Waals surface area contributed by atoms with E-state index in [0.717, 1.165) is 12.0 Å². The molecule has 0 bridgehead atoms. The molecular weight excluding hydrogens is 430 g/mol. The summed E-state index contributed by atoms with van der Waals surface area (Å²) in [5.41, 5.74) is 1.08. The van der Waals surface area contributed by atoms with Crippen LogP contribution in [0.15, 0.2) is 42.5 Å². The lowest BCUT2D eigenvalue weighted by atomic mass is 9.85. The quantitative estimate of drug-likeness (QED) is 0.400. The minimum Gasteiger partial charge on any atom is -0.352 e. The third kappa shape index (κ3) is 5.93. The molecule has 2 aliphatic rings. The molecule has 7 nitrogen and oxygen atoms in total. The van der Waals surface area contributed by atoms with Gasteiger partial charge in [0.25, 0.3) is 0 Å². The molecule has 0 saturated carbocycles. The first-order valence-electron chi connectivity index (χ1n) is 12.5. The number of nitrogens with one attached hydrogen (secondary N) is 1. The third-order valence-corrected chi connectivity index (χ3v) is 7.02. The Morgan fingerprint density at radius 2 is 1.65 bits per heavy atom. The molecule has 34 heavy (non-hydrogen) atoms. The van der Waals surface area contributed by atoms with Gasteiger partial charge in [-0.3, -0.25) is 24.1 Å². The molecule has 0 unspecified atom stereocenters. The topological polar surface area (TPSA) is 86.8 Å². The van der Waals surface area contributed by atoms with E-state index in [4.69, 9.17) is 0 Å². The van der Waals surface area contributed by atoms with E-state index >= 15 is 0 Å². The van der Waals surface area contributed by atoms with Crippen LogP contribution in [0.2, 0.25) is 0 Å². The van der Waals surface area contributed by atoms with Crippen LogP contribution in [0.4, 0.5) is 0 Å². The van der Waals surface area contributed by atoms with Crippen molar-refractivity contribution in [3.8, 4) is 0 Å². The molecule has 1 heterocycles. The van der Waals surface area contributed by atoms with Gasteiger partial charge in [-0.2, -0.15) is 0 Å². The van der Waals surface area contributed by atoms with E-state index in [0.29, 0.717) is 32.2 Å². The normalized spacial score (nSPS) is 21.2. The smallest absolute Gasteiger partial charge is 0.243 e. The molecule has 0 aromatic heterocycles. The summed E-state index contributed by atoms with van der Waals surface area (Å²) >= 11 is 0. The number of carbonyl (C=O) groups is 4. The number of carbonyl (C=O) groups excluding carboxylic acids is 4. The predicted octanol–water partition coefficient (Wildman–Crippen LogP) is 3.09. The molecule has 1 N–H and O–H groups in total. The molecule has 7 heteroatoms. The van der Waals surface area contributed by atoms with Crippen LogP contribution in [0.3, 0.4) is 0 Å². The number of nitrogens with zero attached hydrogens (tertiary/aromatic N) is 2. The van der Waals surface area contributed by atoms with Crippen LogP contribution < -0.4 is 5.32 Å². The van der Waals surface area contributed by atoms with Gasteiger partial charge in [-0.15, -0.1) is 0 Å². The molecule has 1 aromatic rings. The number of rotatable bonds is 11. The van der Waals surface area contributed by atoms with Gasteiger partial charge in [0.1, 0.15) is 6.04 Å². The van der Waals surface area contributed by atoms with Gasteiger partial charge < -0.3 is 10.2 Å². The first-order chi connectivity index (χ1) is 16.4. The Balaban J connectivity index is 1.70. The first-order valence-corrected chi connectivity index (χ1v) is 12.5. The van der Waals surface area contributed by atoms with Crippen molar-refractivity contribution >= 4 is 23.6 Å². The van der Waals surface area contributed by atoms with Crippen LogP contribution in [0.1, 0.15) is 58.4 Å². The number of hydrogen-bond acceptors (Lipinski definition) is 4. The minimum atomic E-state index is -0.595. The van der Waals surface area contributed by atoms with Crippen molar-refractivity contribution in [2.45, 2.75) is 71.4 Å². The number of amides is 4. The standard InChI is InChI=1S/C27H37N3O4/c1-4-19(3)28-25(32)23(5-2)29(17-15-20-11-7-6-8-12-20)24(31)16-18-30-26(33)21-13-9-10-14-22(21)27(30)34/h6-12,19,21-23H,4-5,13-18H2,1-3H3,(H,28,32)/t19-,21-,22+,23+/m0/s1. The van der Waals surface area contributed by atoms with E-state index in [-0.39, 0.29) is 54.5 Å². The summed E-state index contributed by atoms with van der Waals surface area (Å²) in [5, 5.41) is 3.00. The average molecular weight is 468 g/mol. The van der Waals surface area contributed by atoms with Crippen molar-refractivity contribution in [1.82, 2.24) is 15.1 Å². The molecule has 184 valence electrons. The molecule has 4 amide bonds. The predicted molar refractivity (Wildman–Crippen MR) is 131 cm³/mol. The highest BCUT2D eigenvalue weighted by Gasteiger charge is 2.47. The summed E-state index contributed by atoms with van der Waals surface area (Å²) in [6.45, 7) is 6.30. The molecule has 3 rings (SSSR count). The second kappa shape index (κ2) is 12.0. The van der Waals surface area contributed by atoms with Crippen LogP contribution in [-0.2, 0) is 25.6 Å². The van der Waals surface area contributed by atoms with Crippen LogP contribution in [0, 0.1) is 11.8 Å². The van der Waals surface area contributed by atoms with E-state index in [1.807, 2.05) is 63.3 Å². The van der Waals surface area contributed by atoms with Crippen LogP contribution in [0.5, 0.6) is 0 Å². The van der Waals surface area contributed by atoms with E-state index < -0.39 is 6.04 Å². The van der Waals surface area contributed by atoms with Crippen molar-refractivity contribution in [3.63, 3.8) is 0 Å². The fourth-order valence-corrected chi connectivity index (χ4v) is 4.78. The third-order valence-electron chi connectivity index (χ3n) is 7.02. The number of benzene rings is 1. The lowest BCUT2D eigenvalue weighted by molar-refractivity contribution is -0.144. The van der Waals surface area contributed by atoms with Crippen molar-refractivity contribution < 1.29 is 19.2 Å². The summed E-state index contributed by atoms with van der Waals surface area (Å²) in [7, 11) is 0. The second-order valence-corrected chi connectivity index (χ2v) is 9.30. The molecule has 0 radical (unpaired) electrons. The maximum atomic E-state index is 13.4. The van der Waals surface area contributed by atoms with Crippen LogP contribution in [0.25, 0.3) is 0 Å². The van der Waals surface area contributed by atoms with Gasteiger partial charge in [-0.05, 0) is 44.6 Å². The van der Waals surface area contributed by atoms with Crippen LogP contribution in [-0.4, -0.2) is 58.6 Å². The molecule has 1 saturated heterocycles. The van der Waals surface area contributed by atoms with Gasteiger partial charge in [-0.25, -0.2) is 0 Å². The Morgan fingerprint density at radius 1 is 1.03 bits per heavy atom. The van der Waals surface area contributed by atoms with Gasteiger partial charge in [0.2, 0.25) is 23.6 Å². The van der Waals surface area contributed by atoms with Crippen molar-refractivity contribution in [2.24, 2.45) is 11.8 Å². The maximum absolute atomic E-state index is 13.4. The largest absolute Gasteiger partial charge is 0.352 e. The number of hydrogen-bond donors (Lipinski definition) is 1. The molecule has 1 aliphatic heterocycles. The first kappa shape index (κ1) is 25.7. The van der Waals surface area contributed by atoms with E-state index in [9.17, 15) is 19.2 Å². The SMILES string of the molecule is CC[C@H](C(=O)N[C@@H](C)CC)N(CCc1ccccc1)C(=O)CCN1C(=O)[C@H]2CC=CC[C@H]2C1=O. The average Bonchev–Trinajstić information content (AvgIpc) is 3.10. The van der Waals surface area contributed by atoms with Crippen molar-refractivity contribution in [2.75, 3.05) is 13.1 Å². The molecule has 1 fully saturated rings. The van der Waals surface area contributed by atoms with Crippen molar-refractivity contribution in [1.29, 1.82) is 0 Å². The zero-order chi connectivity index (χ0) is 24.7. The summed E-state index contributed by atoms with van der Waals surface area (Å²) in [6, 6.07) is 9.27. The molecule has 1 aliphatic carbocycles. The Bertz CT molecular complexity index is 888. The fourth-order valence-electron chi connectivity index (χ4n) is 4.78. The van der Waals surface area contributed by atoms with E-state index in [1.54, 1.807) is 4.90 Å². The van der Waals surface area contributed by atoms with Gasteiger partial charge in [0, 0.05) is 25.6 Å². The molecule has 1 aromatic carbocycles. The zero-order valence-electron chi connectivity index (χ0n) is 20.5. The van der Waals surface area contributed by atoms with Gasteiger partial charge in [-0.1, -0.05) is 56.3 Å². The van der Waals surface area contributed by atoms with Gasteiger partial charge in [0.15, 0.2) is 0 Å². The van der Waals surface area contributed by atoms with Gasteiger partial charge in [0.05, 0.1) is 11.8 Å². The highest BCUT2D eigenvalue weighted by atomic mass is 16.2. The number of allylic oxidation sites excluding steroid dienone is 2. The minimum absolute atomic E-state index is 0.0180. The fraction of sp³-hybridized carbons (Fsp3) is 0.556. The lowest BCUT2D eigenvalue weighted by Gasteiger charge is -2.32. The number of likely N-dealkylation sites (tertiary alicyclic amines) is 1. The van der Waals surface area contributed by atoms with E-state index in [2.05, 4.69) is 5.32 Å². The second-order valence-electron chi connectivity index (χ2n) is 9.30. The molecular formula is C27H37N3O4. The number of fused-ring (bicyclic) bond motifs is 1. The Labute approximate surface area is 202 Å². The molecule has 4 atom stereocenters. The zero-order valence-corrected chi connectivity index (χ0v) is 20.5. The summed E-state index contributed by atoms with van der Waals surface area (Å²) in [6.07, 6.45) is 7.00.